The number of phenols is 1. The summed E-state index contributed by atoms with van der Waals surface area (Å²) in [6.45, 7) is 11.2. The maximum absolute atomic E-state index is 13.6. The Morgan fingerprint density at radius 2 is 1.82 bits per heavy atom. The highest BCUT2D eigenvalue weighted by atomic mass is 79.9. The molecule has 148 valence electrons. The Labute approximate surface area is 174 Å². The Bertz CT molecular complexity index is 971. The maximum atomic E-state index is 13.6. The largest absolute Gasteiger partial charge is 0.503 e. The predicted octanol–water partition coefficient (Wildman–Crippen LogP) is 5.26. The lowest BCUT2D eigenvalue weighted by molar-refractivity contribution is -0.147. The van der Waals surface area contributed by atoms with Crippen molar-refractivity contribution in [1.82, 2.24) is 0 Å². The molecule has 3 rings (SSSR count). The van der Waals surface area contributed by atoms with Crippen LogP contribution in [0.25, 0.3) is 0 Å². The van der Waals surface area contributed by atoms with Crippen LogP contribution in [-0.4, -0.2) is 23.8 Å². The van der Waals surface area contributed by atoms with Crippen LogP contribution in [-0.2, 0) is 9.59 Å². The van der Waals surface area contributed by atoms with Crippen molar-refractivity contribution >= 4 is 27.5 Å². The molecule has 3 atom stereocenters. The van der Waals surface area contributed by atoms with Crippen LogP contribution < -0.4 is 4.74 Å². The Hall–Kier alpha value is -2.14. The zero-order chi connectivity index (χ0) is 21.0. The molecule has 5 heteroatoms. The number of ether oxygens (including phenoxy) is 1. The fraction of sp³-hybridized carbons (Fsp3) is 0.391. The van der Waals surface area contributed by atoms with Crippen molar-refractivity contribution in [2.24, 2.45) is 10.8 Å². The van der Waals surface area contributed by atoms with Crippen LogP contribution >= 0.6 is 15.9 Å². The number of methoxy groups -OCH3 is 1. The van der Waals surface area contributed by atoms with E-state index in [1.807, 2.05) is 19.9 Å². The third-order valence-electron chi connectivity index (χ3n) is 6.86. The maximum Gasteiger partial charge on any atom is 0.172 e. The normalized spacial score (nSPS) is 30.1. The molecule has 0 aliphatic heterocycles. The standard InChI is InChI=1S/C23H25BrO4/c1-7-14-8-9-22(4)20(26)12(2)13(3)21(27)23(22,5)18(14)15-10-16(24)19(25)17(11-15)28-6/h7-8,10-11,18,25H,1,9H2,2-6H3. The van der Waals surface area contributed by atoms with Gasteiger partial charge in [0.05, 0.1) is 17.0 Å². The van der Waals surface area contributed by atoms with Crippen molar-refractivity contribution in [1.29, 1.82) is 0 Å². The number of hydrogen-bond acceptors (Lipinski definition) is 4. The molecule has 0 saturated heterocycles. The Kier molecular flexibility index (Phi) is 4.95. The molecule has 3 unspecified atom stereocenters. The molecule has 2 aliphatic carbocycles. The number of ketones is 2. The van der Waals surface area contributed by atoms with Gasteiger partial charge >= 0.3 is 0 Å². The summed E-state index contributed by atoms with van der Waals surface area (Å²) < 4.78 is 5.79. The van der Waals surface area contributed by atoms with Crippen molar-refractivity contribution in [3.05, 3.63) is 57.6 Å². The van der Waals surface area contributed by atoms with Gasteiger partial charge in [-0.05, 0) is 70.6 Å². The highest BCUT2D eigenvalue weighted by Gasteiger charge is 2.63. The highest BCUT2D eigenvalue weighted by Crippen LogP contribution is 2.62. The van der Waals surface area contributed by atoms with E-state index in [0.29, 0.717) is 27.8 Å². The lowest BCUT2D eigenvalue weighted by atomic mass is 9.45. The van der Waals surface area contributed by atoms with Crippen molar-refractivity contribution < 1.29 is 19.4 Å². The number of hydrogen-bond donors (Lipinski definition) is 1. The number of carbonyl (C=O) groups excluding carboxylic acids is 2. The summed E-state index contributed by atoms with van der Waals surface area (Å²) in [5.41, 5.74) is 0.909. The predicted molar refractivity (Wildman–Crippen MR) is 113 cm³/mol. The SMILES string of the molecule is C=CC1=CCC2(C)C(=O)C(C)=C(C)C(=O)C2(C)C1c1cc(Br)c(O)c(OC)c1. The van der Waals surface area contributed by atoms with Gasteiger partial charge in [-0.3, -0.25) is 9.59 Å². The molecule has 0 radical (unpaired) electrons. The van der Waals surface area contributed by atoms with Gasteiger partial charge in [0.15, 0.2) is 23.1 Å². The number of rotatable bonds is 3. The van der Waals surface area contributed by atoms with Crippen LogP contribution in [0.1, 0.15) is 45.6 Å². The first-order chi connectivity index (χ1) is 13.0. The molecule has 0 aromatic heterocycles. The molecule has 1 aromatic rings. The summed E-state index contributed by atoms with van der Waals surface area (Å²) in [7, 11) is 1.48. The van der Waals surface area contributed by atoms with E-state index < -0.39 is 16.7 Å². The minimum Gasteiger partial charge on any atom is -0.503 e. The van der Waals surface area contributed by atoms with Crippen molar-refractivity contribution in [2.75, 3.05) is 7.11 Å². The van der Waals surface area contributed by atoms with E-state index >= 15 is 0 Å². The number of halogens is 1. The van der Waals surface area contributed by atoms with E-state index in [-0.39, 0.29) is 17.3 Å². The summed E-state index contributed by atoms with van der Waals surface area (Å²) in [6, 6.07) is 3.52. The van der Waals surface area contributed by atoms with E-state index in [1.165, 1.54) is 7.11 Å². The summed E-state index contributed by atoms with van der Waals surface area (Å²) in [5.74, 6) is -0.0956. The Morgan fingerprint density at radius 1 is 1.21 bits per heavy atom. The van der Waals surface area contributed by atoms with Gasteiger partial charge in [0.25, 0.3) is 0 Å². The van der Waals surface area contributed by atoms with Gasteiger partial charge in [0.1, 0.15) is 0 Å². The summed E-state index contributed by atoms with van der Waals surface area (Å²) in [4.78, 5) is 26.9. The molecule has 0 saturated carbocycles. The van der Waals surface area contributed by atoms with Gasteiger partial charge in [0, 0.05) is 11.3 Å². The molecule has 0 fully saturated rings. The summed E-state index contributed by atoms with van der Waals surface area (Å²) in [5, 5.41) is 10.2. The van der Waals surface area contributed by atoms with Gasteiger partial charge in [-0.2, -0.15) is 0 Å². The monoisotopic (exact) mass is 444 g/mol. The second-order valence-electron chi connectivity index (χ2n) is 8.04. The number of aromatic hydroxyl groups is 1. The highest BCUT2D eigenvalue weighted by molar-refractivity contribution is 9.10. The average molecular weight is 445 g/mol. The lowest BCUT2D eigenvalue weighted by Gasteiger charge is -2.54. The zero-order valence-electron chi connectivity index (χ0n) is 16.9. The van der Waals surface area contributed by atoms with Gasteiger partial charge in [-0.25, -0.2) is 0 Å². The first-order valence-corrected chi connectivity index (χ1v) is 9.99. The Morgan fingerprint density at radius 3 is 2.39 bits per heavy atom. The van der Waals surface area contributed by atoms with Crippen LogP contribution in [0, 0.1) is 10.8 Å². The van der Waals surface area contributed by atoms with Gasteiger partial charge < -0.3 is 9.84 Å². The minimum atomic E-state index is -0.979. The van der Waals surface area contributed by atoms with Crippen LogP contribution in [0.4, 0.5) is 0 Å². The fourth-order valence-electron chi connectivity index (χ4n) is 4.80. The first kappa shape index (κ1) is 20.6. The summed E-state index contributed by atoms with van der Waals surface area (Å²) in [6.07, 6.45) is 4.24. The van der Waals surface area contributed by atoms with E-state index in [2.05, 4.69) is 22.5 Å². The quantitative estimate of drug-likeness (QED) is 0.689. The number of fused-ring (bicyclic) bond motifs is 1. The van der Waals surface area contributed by atoms with Crippen molar-refractivity contribution in [3.63, 3.8) is 0 Å². The second-order valence-corrected chi connectivity index (χ2v) is 8.90. The first-order valence-electron chi connectivity index (χ1n) is 9.20. The lowest BCUT2D eigenvalue weighted by Crippen LogP contribution is -2.57. The van der Waals surface area contributed by atoms with Crippen LogP contribution in [0.5, 0.6) is 11.5 Å². The zero-order valence-corrected chi connectivity index (χ0v) is 18.4. The molecule has 28 heavy (non-hydrogen) atoms. The molecule has 4 nitrogen and oxygen atoms in total. The molecular formula is C23H25BrO4. The van der Waals surface area contributed by atoms with Crippen LogP contribution in [0.3, 0.4) is 0 Å². The van der Waals surface area contributed by atoms with Crippen molar-refractivity contribution in [2.45, 2.75) is 40.0 Å². The summed E-state index contributed by atoms with van der Waals surface area (Å²) >= 11 is 3.38. The van der Waals surface area contributed by atoms with E-state index in [1.54, 1.807) is 32.1 Å². The molecule has 0 spiro atoms. The fourth-order valence-corrected chi connectivity index (χ4v) is 5.26. The minimum absolute atomic E-state index is 0.00271. The third kappa shape index (κ3) is 2.48. The van der Waals surface area contributed by atoms with Crippen LogP contribution in [0.2, 0.25) is 0 Å². The van der Waals surface area contributed by atoms with E-state index in [0.717, 1.165) is 11.1 Å². The number of carbonyl (C=O) groups is 2. The van der Waals surface area contributed by atoms with Crippen LogP contribution in [0.15, 0.2) is 52.1 Å². The molecule has 2 aliphatic rings. The molecule has 0 amide bonds. The van der Waals surface area contributed by atoms with Gasteiger partial charge in [0.2, 0.25) is 0 Å². The van der Waals surface area contributed by atoms with E-state index in [9.17, 15) is 14.7 Å². The second kappa shape index (κ2) is 6.73. The molecule has 0 heterocycles. The third-order valence-corrected chi connectivity index (χ3v) is 7.46. The van der Waals surface area contributed by atoms with Gasteiger partial charge in [-0.1, -0.05) is 32.6 Å². The Balaban J connectivity index is 2.36. The van der Waals surface area contributed by atoms with Crippen molar-refractivity contribution in [3.8, 4) is 11.5 Å². The smallest absolute Gasteiger partial charge is 0.172 e. The average Bonchev–Trinajstić information content (AvgIpc) is 2.68. The number of Topliss-reactive ketones (excluding diaryl/α,β-unsaturated/α-hetero) is 2. The molecule has 1 aromatic carbocycles. The molecule has 0 bridgehead atoms. The topological polar surface area (TPSA) is 63.6 Å². The molecule has 1 N–H and O–H groups in total. The molecular weight excluding hydrogens is 420 g/mol. The number of allylic oxidation sites excluding steroid dienone is 5. The number of phenolic OH excluding ortho intramolecular Hbond substituents is 1. The van der Waals surface area contributed by atoms with Gasteiger partial charge in [-0.15, -0.1) is 0 Å². The van der Waals surface area contributed by atoms with E-state index in [4.69, 9.17) is 4.74 Å². The number of benzene rings is 1.